The summed E-state index contributed by atoms with van der Waals surface area (Å²) in [4.78, 5) is 26.4. The third kappa shape index (κ3) is 6.25. The highest BCUT2D eigenvalue weighted by molar-refractivity contribution is 7.73. The van der Waals surface area contributed by atoms with Crippen LogP contribution >= 0.6 is 20.0 Å². The van der Waals surface area contributed by atoms with Crippen molar-refractivity contribution in [2.45, 2.75) is 13.8 Å². The van der Waals surface area contributed by atoms with E-state index < -0.39 is 23.9 Å². The molecule has 0 heterocycles. The number of oxime groups is 1. The van der Waals surface area contributed by atoms with Crippen molar-refractivity contribution in [3.8, 4) is 6.07 Å². The highest BCUT2D eigenvalue weighted by Gasteiger charge is 2.33. The minimum atomic E-state index is -4.00. The Hall–Kier alpha value is -2.31. The first kappa shape index (κ1) is 22.7. The lowest BCUT2D eigenvalue weighted by atomic mass is 10.2. The summed E-state index contributed by atoms with van der Waals surface area (Å²) in [7, 11) is -4.00. The number of nitro groups is 1. The van der Waals surface area contributed by atoms with Gasteiger partial charge in [0.1, 0.15) is 6.07 Å². The predicted octanol–water partition coefficient (Wildman–Crippen LogP) is 3.28. The number of nitriles is 1. The number of hydrogen-bond donors (Lipinski definition) is 0. The largest absolute Gasteiger partial charge is 0.393 e. The second kappa shape index (κ2) is 10.5. The number of halogens is 1. The third-order valence-electron chi connectivity index (χ3n) is 2.47. The van der Waals surface area contributed by atoms with E-state index in [2.05, 4.69) is 9.99 Å². The maximum Gasteiger partial charge on any atom is 0.393 e. The minimum Gasteiger partial charge on any atom is -0.311 e. The zero-order chi connectivity index (χ0) is 18.2. The van der Waals surface area contributed by atoms with Crippen molar-refractivity contribution in [2.24, 2.45) is 5.16 Å². The van der Waals surface area contributed by atoms with Crippen molar-refractivity contribution in [1.29, 1.82) is 5.26 Å². The van der Waals surface area contributed by atoms with Gasteiger partial charge in [-0.05, 0) is 19.9 Å². The molecule has 0 unspecified atom stereocenters. The van der Waals surface area contributed by atoms with Gasteiger partial charge in [-0.15, -0.1) is 12.4 Å². The van der Waals surface area contributed by atoms with Crippen LogP contribution in [0, 0.1) is 21.4 Å². The molecule has 0 fully saturated rings. The number of nitrogens with zero attached hydrogens (tertiary/aromatic N) is 3. The van der Waals surface area contributed by atoms with E-state index in [1.54, 1.807) is 0 Å². The van der Waals surface area contributed by atoms with Crippen LogP contribution in [0.25, 0.3) is 0 Å². The van der Waals surface area contributed by atoms with Crippen molar-refractivity contribution >= 4 is 37.1 Å². The molecule has 10 nitrogen and oxygen atoms in total. The molecule has 1 aromatic rings. The van der Waals surface area contributed by atoms with Gasteiger partial charge in [-0.25, -0.2) is 4.79 Å². The summed E-state index contributed by atoms with van der Waals surface area (Å²) in [5.74, 6) is -1.06. The molecule has 0 saturated heterocycles. The van der Waals surface area contributed by atoms with Crippen molar-refractivity contribution in [1.82, 2.24) is 0 Å². The number of carbonyl (C=O) groups excluding carboxylic acids is 1. The monoisotopic (exact) mass is 391 g/mol. The summed E-state index contributed by atoms with van der Waals surface area (Å²) < 4.78 is 22.2. The molecule has 1 aromatic carbocycles. The lowest BCUT2D eigenvalue weighted by Gasteiger charge is -2.13. The second-order valence-electron chi connectivity index (χ2n) is 4.05. The number of rotatable bonds is 8. The zero-order valence-corrected chi connectivity index (χ0v) is 15.0. The van der Waals surface area contributed by atoms with E-state index in [0.29, 0.717) is 0 Å². The van der Waals surface area contributed by atoms with E-state index in [-0.39, 0.29) is 36.9 Å². The Bertz CT molecular complexity index is 737. The van der Waals surface area contributed by atoms with Gasteiger partial charge in [0, 0.05) is 12.1 Å². The molecule has 0 amide bonds. The van der Waals surface area contributed by atoms with Crippen LogP contribution in [0.1, 0.15) is 24.2 Å². The Kier molecular flexibility index (Phi) is 9.56. The Labute approximate surface area is 149 Å². The average Bonchev–Trinajstić information content (AvgIpc) is 2.55. The van der Waals surface area contributed by atoms with Gasteiger partial charge >= 0.3 is 13.6 Å². The molecule has 0 bridgehead atoms. The first-order chi connectivity index (χ1) is 11.4. The molecule has 136 valence electrons. The average molecular weight is 392 g/mol. The Morgan fingerprint density at radius 3 is 2.44 bits per heavy atom. The molecule has 0 N–H and O–H groups in total. The molecule has 0 aliphatic carbocycles. The van der Waals surface area contributed by atoms with Gasteiger partial charge in [0.15, 0.2) is 0 Å². The van der Waals surface area contributed by atoms with Crippen LogP contribution < -0.4 is 0 Å². The van der Waals surface area contributed by atoms with Gasteiger partial charge in [-0.2, -0.15) is 5.26 Å². The molecule has 0 spiro atoms. The normalized spacial score (nSPS) is 11.2. The van der Waals surface area contributed by atoms with Gasteiger partial charge in [0.05, 0.1) is 23.7 Å². The number of non-ortho nitro benzene ring substituents is 1. The number of hydrogen-bond acceptors (Lipinski definition) is 9. The summed E-state index contributed by atoms with van der Waals surface area (Å²) in [6.45, 7) is 3.04. The quantitative estimate of drug-likeness (QED) is 0.216. The van der Waals surface area contributed by atoms with E-state index >= 15 is 0 Å². The lowest BCUT2D eigenvalue weighted by Crippen LogP contribution is -2.08. The molecule has 0 radical (unpaired) electrons. The highest BCUT2D eigenvalue weighted by Crippen LogP contribution is 2.49. The molecule has 0 atom stereocenters. The van der Waals surface area contributed by atoms with Gasteiger partial charge in [-0.3, -0.25) is 14.7 Å². The molecule has 0 aliphatic heterocycles. The van der Waals surface area contributed by atoms with Crippen LogP contribution in [0.4, 0.5) is 5.69 Å². The van der Waals surface area contributed by atoms with Crippen molar-refractivity contribution in [2.75, 3.05) is 13.2 Å². The fourth-order valence-corrected chi connectivity index (χ4v) is 2.78. The fraction of sp³-hybridized carbons (Fsp3) is 0.308. The van der Waals surface area contributed by atoms with E-state index in [1.165, 1.54) is 38.1 Å². The molecule has 0 aromatic heterocycles. The lowest BCUT2D eigenvalue weighted by molar-refractivity contribution is -0.384. The van der Waals surface area contributed by atoms with Gasteiger partial charge in [-0.1, -0.05) is 11.2 Å². The molecular formula is C13H15ClN3O7P. The summed E-state index contributed by atoms with van der Waals surface area (Å²) in [5, 5.41) is 22.9. The third-order valence-corrected chi connectivity index (χ3v) is 4.36. The molecular weight excluding hydrogens is 377 g/mol. The summed E-state index contributed by atoms with van der Waals surface area (Å²) in [6.07, 6.45) is 0. The van der Waals surface area contributed by atoms with Crippen LogP contribution in [-0.4, -0.2) is 29.6 Å². The summed E-state index contributed by atoms with van der Waals surface area (Å²) in [5.41, 5.74) is -1.21. The Balaban J connectivity index is 0.00000576. The standard InChI is InChI=1S/C13H14N3O7P.ClH/c1-3-21-24(20,22-4-2)12(9-14)15-23-13(17)10-6-5-7-11(8-10)16(18)19;/h5-8H,3-4H2,1-2H3;1H. The molecule has 0 saturated carbocycles. The van der Waals surface area contributed by atoms with E-state index in [0.717, 1.165) is 6.07 Å². The van der Waals surface area contributed by atoms with Crippen LogP contribution in [0.2, 0.25) is 0 Å². The minimum absolute atomic E-state index is 0. The second-order valence-corrected chi connectivity index (χ2v) is 5.98. The number of benzene rings is 1. The predicted molar refractivity (Wildman–Crippen MR) is 89.7 cm³/mol. The highest BCUT2D eigenvalue weighted by atomic mass is 35.5. The van der Waals surface area contributed by atoms with E-state index in [9.17, 15) is 19.5 Å². The van der Waals surface area contributed by atoms with Crippen LogP contribution in [0.3, 0.4) is 0 Å². The van der Waals surface area contributed by atoms with Gasteiger partial charge < -0.3 is 13.9 Å². The van der Waals surface area contributed by atoms with E-state index in [1.807, 2.05) is 0 Å². The number of nitro benzene ring substituents is 1. The summed E-state index contributed by atoms with van der Waals surface area (Å²) in [6, 6.07) is 6.23. The molecule has 12 heteroatoms. The molecule has 25 heavy (non-hydrogen) atoms. The van der Waals surface area contributed by atoms with Crippen LogP contribution in [-0.2, 0) is 18.5 Å². The van der Waals surface area contributed by atoms with Gasteiger partial charge in [0.25, 0.3) is 11.1 Å². The Morgan fingerprint density at radius 2 is 1.96 bits per heavy atom. The fourth-order valence-electron chi connectivity index (χ4n) is 1.51. The van der Waals surface area contributed by atoms with E-state index in [4.69, 9.17) is 14.3 Å². The molecule has 0 aliphatic rings. The topological polar surface area (TPSA) is 141 Å². The van der Waals surface area contributed by atoms with Crippen molar-refractivity contribution in [3.63, 3.8) is 0 Å². The number of carbonyl (C=O) groups is 1. The SMILES string of the molecule is CCOP(=O)(OCC)C(C#N)=NOC(=O)c1cccc([N+](=O)[O-])c1.Cl. The van der Waals surface area contributed by atoms with Crippen LogP contribution in [0.15, 0.2) is 29.4 Å². The first-order valence-corrected chi connectivity index (χ1v) is 8.25. The van der Waals surface area contributed by atoms with Crippen molar-refractivity contribution in [3.05, 3.63) is 39.9 Å². The maximum absolute atomic E-state index is 12.4. The van der Waals surface area contributed by atoms with Gasteiger partial charge in [0.2, 0.25) is 0 Å². The zero-order valence-electron chi connectivity index (χ0n) is 13.3. The molecule has 1 rings (SSSR count). The van der Waals surface area contributed by atoms with Crippen molar-refractivity contribution < 1.29 is 28.2 Å². The smallest absolute Gasteiger partial charge is 0.311 e. The van der Waals surface area contributed by atoms with Crippen LogP contribution in [0.5, 0.6) is 0 Å². The maximum atomic E-state index is 12.4. The first-order valence-electron chi connectivity index (χ1n) is 6.71. The summed E-state index contributed by atoms with van der Waals surface area (Å²) >= 11 is 0. The Morgan fingerprint density at radius 1 is 1.36 bits per heavy atom.